The Morgan fingerprint density at radius 2 is 1.74 bits per heavy atom. The van der Waals surface area contributed by atoms with Crippen LogP contribution in [0.5, 0.6) is 0 Å². The van der Waals surface area contributed by atoms with Crippen molar-refractivity contribution in [3.8, 4) is 0 Å². The molecule has 0 saturated heterocycles. The topological polar surface area (TPSA) is 43.4 Å². The summed E-state index contributed by atoms with van der Waals surface area (Å²) in [6, 6.07) is 7.79. The molecule has 23 heavy (non-hydrogen) atoms. The highest BCUT2D eigenvalue weighted by molar-refractivity contribution is 7.88. The Bertz CT molecular complexity index is 532. The summed E-state index contributed by atoms with van der Waals surface area (Å²) >= 11 is 0. The second-order valence-electron chi connectivity index (χ2n) is 5.65. The van der Waals surface area contributed by atoms with Crippen LogP contribution in [-0.4, -0.2) is 16.8 Å². The first kappa shape index (κ1) is 19.6. The second-order valence-corrected chi connectivity index (χ2v) is 6.95. The number of rotatable bonds is 10. The Morgan fingerprint density at radius 1 is 1.09 bits per heavy atom. The molecular weight excluding hydrogens is 308 g/mol. The predicted molar refractivity (Wildman–Crippen MR) is 95.7 cm³/mol. The Labute approximate surface area is 142 Å². The van der Waals surface area contributed by atoms with E-state index in [1.807, 2.05) is 43.5 Å². The molecule has 0 fully saturated rings. The molecule has 0 radical (unpaired) electrons. The molecule has 1 atom stereocenters. The average Bonchev–Trinajstić information content (AvgIpc) is 2.53. The van der Waals surface area contributed by atoms with Crippen molar-refractivity contribution in [1.82, 2.24) is 0 Å². The summed E-state index contributed by atoms with van der Waals surface area (Å²) in [6.45, 7) is 6.40. The third-order valence-electron chi connectivity index (χ3n) is 3.56. The zero-order valence-electron chi connectivity index (χ0n) is 14.5. The molecule has 4 heteroatoms. The van der Waals surface area contributed by atoms with E-state index in [9.17, 15) is 9.00 Å². The van der Waals surface area contributed by atoms with Crippen molar-refractivity contribution in [3.63, 3.8) is 0 Å². The van der Waals surface area contributed by atoms with Gasteiger partial charge in [0.15, 0.2) is 0 Å². The van der Waals surface area contributed by atoms with Crippen LogP contribution in [0.3, 0.4) is 0 Å². The van der Waals surface area contributed by atoms with Gasteiger partial charge in [-0.15, -0.1) is 0 Å². The lowest BCUT2D eigenvalue weighted by molar-refractivity contribution is -0.143. The zero-order chi connectivity index (χ0) is 17.1. The minimum absolute atomic E-state index is 0.151. The lowest BCUT2D eigenvalue weighted by atomic mass is 10.0. The van der Waals surface area contributed by atoms with Crippen LogP contribution >= 0.6 is 0 Å². The van der Waals surface area contributed by atoms with Crippen LogP contribution in [-0.2, 0) is 20.3 Å². The fourth-order valence-electron chi connectivity index (χ4n) is 2.23. The maximum atomic E-state index is 12.5. The van der Waals surface area contributed by atoms with Crippen molar-refractivity contribution in [1.29, 1.82) is 0 Å². The van der Waals surface area contributed by atoms with E-state index in [1.54, 1.807) is 0 Å². The zero-order valence-corrected chi connectivity index (χ0v) is 15.3. The number of benzene rings is 1. The Balaban J connectivity index is 2.65. The van der Waals surface area contributed by atoms with Crippen molar-refractivity contribution < 1.29 is 13.7 Å². The van der Waals surface area contributed by atoms with Gasteiger partial charge in [-0.05, 0) is 51.7 Å². The number of unbranched alkanes of at least 4 members (excludes halogenated alkanes) is 1. The molecule has 0 heterocycles. The standard InChI is InChI=1S/C19H28O3S/c1-4-6-8-17(9-7-10-19(20)22-5-2)15-23(21)18-13-11-16(3)12-14-18/h11-15H,4-10H2,1-3H3/b17-15+. The van der Waals surface area contributed by atoms with Crippen molar-refractivity contribution in [2.45, 2.75) is 64.2 Å². The average molecular weight is 336 g/mol. The van der Waals surface area contributed by atoms with Crippen LogP contribution in [0.2, 0.25) is 0 Å². The lowest BCUT2D eigenvalue weighted by Gasteiger charge is -2.08. The summed E-state index contributed by atoms with van der Waals surface area (Å²) in [5.41, 5.74) is 2.34. The molecule has 0 amide bonds. The van der Waals surface area contributed by atoms with Crippen LogP contribution in [0.1, 0.15) is 57.9 Å². The Morgan fingerprint density at radius 3 is 2.35 bits per heavy atom. The first-order valence-electron chi connectivity index (χ1n) is 8.39. The first-order chi connectivity index (χ1) is 11.1. The minimum atomic E-state index is -1.12. The molecule has 1 aromatic carbocycles. The molecule has 0 aliphatic rings. The summed E-state index contributed by atoms with van der Waals surface area (Å²) in [7, 11) is -1.12. The van der Waals surface area contributed by atoms with Gasteiger partial charge >= 0.3 is 5.97 Å². The van der Waals surface area contributed by atoms with Gasteiger partial charge in [-0.1, -0.05) is 36.6 Å². The highest BCUT2D eigenvalue weighted by atomic mass is 32.2. The van der Waals surface area contributed by atoms with E-state index < -0.39 is 10.8 Å². The molecule has 0 spiro atoms. The second kappa shape index (κ2) is 11.2. The Hall–Kier alpha value is -1.42. The molecule has 128 valence electrons. The number of hydrogen-bond donors (Lipinski definition) is 0. The van der Waals surface area contributed by atoms with Gasteiger partial charge in [-0.25, -0.2) is 4.21 Å². The number of allylic oxidation sites excluding steroid dienone is 1. The lowest BCUT2D eigenvalue weighted by Crippen LogP contribution is -2.03. The van der Waals surface area contributed by atoms with Crippen molar-refractivity contribution >= 4 is 16.8 Å². The maximum absolute atomic E-state index is 12.5. The van der Waals surface area contributed by atoms with Crippen LogP contribution in [0.25, 0.3) is 0 Å². The predicted octanol–water partition coefficient (Wildman–Crippen LogP) is 4.91. The number of aryl methyl sites for hydroxylation is 1. The van der Waals surface area contributed by atoms with Crippen LogP contribution < -0.4 is 0 Å². The number of carbonyl (C=O) groups excluding carboxylic acids is 1. The van der Waals surface area contributed by atoms with Gasteiger partial charge in [0.2, 0.25) is 0 Å². The van der Waals surface area contributed by atoms with Gasteiger partial charge in [0, 0.05) is 16.7 Å². The molecule has 1 rings (SSSR count). The van der Waals surface area contributed by atoms with Gasteiger partial charge in [-0.3, -0.25) is 4.79 Å². The SMILES string of the molecule is CCCC/C(=C\S(=O)c1ccc(C)cc1)CCCC(=O)OCC. The van der Waals surface area contributed by atoms with E-state index in [4.69, 9.17) is 4.74 Å². The molecule has 0 N–H and O–H groups in total. The minimum Gasteiger partial charge on any atom is -0.466 e. The van der Waals surface area contributed by atoms with Crippen molar-refractivity contribution in [2.75, 3.05) is 6.61 Å². The number of carbonyl (C=O) groups is 1. The van der Waals surface area contributed by atoms with E-state index in [2.05, 4.69) is 6.92 Å². The normalized spacial score (nSPS) is 12.9. The van der Waals surface area contributed by atoms with E-state index in [0.29, 0.717) is 13.0 Å². The van der Waals surface area contributed by atoms with Crippen LogP contribution in [0.4, 0.5) is 0 Å². The monoisotopic (exact) mass is 336 g/mol. The van der Waals surface area contributed by atoms with Gasteiger partial charge in [-0.2, -0.15) is 0 Å². The highest BCUT2D eigenvalue weighted by Gasteiger charge is 2.07. The largest absolute Gasteiger partial charge is 0.466 e. The first-order valence-corrected chi connectivity index (χ1v) is 9.60. The molecule has 3 nitrogen and oxygen atoms in total. The third-order valence-corrected chi connectivity index (χ3v) is 4.85. The summed E-state index contributed by atoms with van der Waals surface area (Å²) in [5, 5.41) is 1.87. The summed E-state index contributed by atoms with van der Waals surface area (Å²) in [5.74, 6) is -0.151. The summed E-state index contributed by atoms with van der Waals surface area (Å²) in [4.78, 5) is 12.2. The molecule has 1 unspecified atom stereocenters. The fraction of sp³-hybridized carbons (Fsp3) is 0.526. The molecule has 0 bridgehead atoms. The summed E-state index contributed by atoms with van der Waals surface area (Å²) in [6.07, 6.45) is 5.10. The number of hydrogen-bond acceptors (Lipinski definition) is 3. The third kappa shape index (κ3) is 8.12. The van der Waals surface area contributed by atoms with Gasteiger partial charge < -0.3 is 4.74 Å². The maximum Gasteiger partial charge on any atom is 0.305 e. The van der Waals surface area contributed by atoms with E-state index in [1.165, 1.54) is 5.57 Å². The van der Waals surface area contributed by atoms with E-state index >= 15 is 0 Å². The summed E-state index contributed by atoms with van der Waals surface area (Å²) < 4.78 is 17.4. The van der Waals surface area contributed by atoms with E-state index in [0.717, 1.165) is 42.6 Å². The molecule has 0 saturated carbocycles. The van der Waals surface area contributed by atoms with Gasteiger partial charge in [0.05, 0.1) is 17.4 Å². The molecule has 1 aromatic rings. The van der Waals surface area contributed by atoms with Gasteiger partial charge in [0.1, 0.15) is 0 Å². The van der Waals surface area contributed by atoms with Crippen LogP contribution in [0, 0.1) is 6.92 Å². The molecule has 0 aliphatic heterocycles. The van der Waals surface area contributed by atoms with Crippen LogP contribution in [0.15, 0.2) is 40.1 Å². The number of ether oxygens (including phenoxy) is 1. The molecule has 0 aliphatic carbocycles. The smallest absolute Gasteiger partial charge is 0.305 e. The van der Waals surface area contributed by atoms with Gasteiger partial charge in [0.25, 0.3) is 0 Å². The van der Waals surface area contributed by atoms with Crippen molar-refractivity contribution in [3.05, 3.63) is 40.8 Å². The quantitative estimate of drug-likeness (QED) is 0.570. The number of esters is 1. The molecule has 0 aromatic heterocycles. The Kier molecular flexibility index (Phi) is 9.53. The van der Waals surface area contributed by atoms with Crippen molar-refractivity contribution in [2.24, 2.45) is 0 Å². The fourth-order valence-corrected chi connectivity index (χ4v) is 3.31. The molecular formula is C19H28O3S. The highest BCUT2D eigenvalue weighted by Crippen LogP contribution is 2.19. The van der Waals surface area contributed by atoms with E-state index in [-0.39, 0.29) is 5.97 Å².